The van der Waals surface area contributed by atoms with Crippen LogP contribution in [0.5, 0.6) is 0 Å². The summed E-state index contributed by atoms with van der Waals surface area (Å²) in [5, 5.41) is 19.0. The molecule has 0 bridgehead atoms. The third-order valence-electron chi connectivity index (χ3n) is 3.29. The fraction of sp³-hybridized carbons (Fsp3) is 0.625. The largest absolute Gasteiger partial charge is 0.392 e. The van der Waals surface area contributed by atoms with E-state index in [0.717, 1.165) is 13.0 Å². The lowest BCUT2D eigenvalue weighted by Crippen LogP contribution is -2.37. The van der Waals surface area contributed by atoms with Crippen LogP contribution in [0.15, 0.2) is 30.3 Å². The van der Waals surface area contributed by atoms with E-state index in [0.29, 0.717) is 19.0 Å². The van der Waals surface area contributed by atoms with Gasteiger partial charge in [-0.25, -0.2) is 0 Å². The second kappa shape index (κ2) is 8.31. The maximum absolute atomic E-state index is 9.49. The molecule has 3 atom stereocenters. The molecule has 0 saturated heterocycles. The number of nitrogens with zero attached hydrogens (tertiary/aromatic N) is 1. The Balaban J connectivity index is 2.46. The first kappa shape index (κ1) is 16.2. The minimum Gasteiger partial charge on any atom is -0.392 e. The Morgan fingerprint density at radius 1 is 0.947 bits per heavy atom. The van der Waals surface area contributed by atoms with Crippen LogP contribution in [0.25, 0.3) is 0 Å². The molecule has 19 heavy (non-hydrogen) atoms. The van der Waals surface area contributed by atoms with Gasteiger partial charge in [-0.05, 0) is 38.3 Å². The Labute approximate surface area is 116 Å². The summed E-state index contributed by atoms with van der Waals surface area (Å²) >= 11 is 0. The average molecular weight is 265 g/mol. The van der Waals surface area contributed by atoms with Crippen LogP contribution in [-0.4, -0.2) is 47.0 Å². The van der Waals surface area contributed by atoms with E-state index < -0.39 is 0 Å². The summed E-state index contributed by atoms with van der Waals surface area (Å²) in [5.74, 6) is 0.492. The zero-order valence-corrected chi connectivity index (χ0v) is 12.3. The normalized spacial score (nSPS) is 16.3. The molecular formula is C16H27NO2. The molecule has 0 unspecified atom stereocenters. The van der Waals surface area contributed by atoms with Gasteiger partial charge in [-0.3, -0.25) is 4.90 Å². The molecule has 0 aliphatic carbocycles. The third-order valence-corrected chi connectivity index (χ3v) is 3.29. The lowest BCUT2D eigenvalue weighted by Gasteiger charge is -2.26. The van der Waals surface area contributed by atoms with E-state index in [2.05, 4.69) is 36.1 Å². The zero-order chi connectivity index (χ0) is 14.3. The van der Waals surface area contributed by atoms with E-state index in [1.165, 1.54) is 5.56 Å². The van der Waals surface area contributed by atoms with Crippen LogP contribution < -0.4 is 0 Å². The van der Waals surface area contributed by atoms with Crippen molar-refractivity contribution in [1.82, 2.24) is 4.90 Å². The van der Waals surface area contributed by atoms with Gasteiger partial charge in [0.15, 0.2) is 0 Å². The second-order valence-corrected chi connectivity index (χ2v) is 5.56. The topological polar surface area (TPSA) is 43.7 Å². The fourth-order valence-electron chi connectivity index (χ4n) is 2.33. The number of aliphatic hydroxyl groups is 2. The summed E-state index contributed by atoms with van der Waals surface area (Å²) < 4.78 is 0. The van der Waals surface area contributed by atoms with Gasteiger partial charge in [-0.15, -0.1) is 0 Å². The first-order valence-corrected chi connectivity index (χ1v) is 7.12. The highest BCUT2D eigenvalue weighted by atomic mass is 16.3. The summed E-state index contributed by atoms with van der Waals surface area (Å²) in [6.45, 7) is 7.92. The van der Waals surface area contributed by atoms with Crippen molar-refractivity contribution >= 4 is 0 Å². The number of aliphatic hydroxyl groups excluding tert-OH is 2. The van der Waals surface area contributed by atoms with Gasteiger partial charge >= 0.3 is 0 Å². The molecule has 108 valence electrons. The summed E-state index contributed by atoms with van der Waals surface area (Å²) in [4.78, 5) is 2.13. The van der Waals surface area contributed by atoms with Crippen LogP contribution in [0, 0.1) is 0 Å². The molecule has 0 heterocycles. The Morgan fingerprint density at radius 3 is 1.95 bits per heavy atom. The minimum absolute atomic E-state index is 0.356. The molecule has 1 aromatic rings. The summed E-state index contributed by atoms with van der Waals surface area (Å²) in [6.07, 6.45) is 0.320. The average Bonchev–Trinajstić information content (AvgIpc) is 2.35. The molecule has 1 aromatic carbocycles. The standard InChI is InChI=1S/C16H27NO2/c1-13(16-7-5-4-6-8-16)9-10-17(11-14(2)18)12-15(3)19/h4-8,13-15,18-19H,9-12H2,1-3H3/t13-,14-,15-/m0/s1. The predicted molar refractivity (Wildman–Crippen MR) is 79.3 cm³/mol. The van der Waals surface area contributed by atoms with Crippen molar-refractivity contribution in [2.75, 3.05) is 19.6 Å². The summed E-state index contributed by atoms with van der Waals surface area (Å²) in [7, 11) is 0. The van der Waals surface area contributed by atoms with Crippen LogP contribution in [0.2, 0.25) is 0 Å². The van der Waals surface area contributed by atoms with Crippen molar-refractivity contribution in [3.05, 3.63) is 35.9 Å². The Bertz CT molecular complexity index is 328. The highest BCUT2D eigenvalue weighted by Crippen LogP contribution is 2.18. The molecule has 0 fully saturated rings. The molecule has 3 nitrogen and oxygen atoms in total. The monoisotopic (exact) mass is 265 g/mol. The smallest absolute Gasteiger partial charge is 0.0639 e. The van der Waals surface area contributed by atoms with Gasteiger partial charge in [0.1, 0.15) is 0 Å². The van der Waals surface area contributed by atoms with E-state index in [-0.39, 0.29) is 12.2 Å². The fourth-order valence-corrected chi connectivity index (χ4v) is 2.33. The highest BCUT2D eigenvalue weighted by molar-refractivity contribution is 5.18. The van der Waals surface area contributed by atoms with Gasteiger partial charge in [0, 0.05) is 13.1 Å². The van der Waals surface area contributed by atoms with Gasteiger partial charge in [0.25, 0.3) is 0 Å². The summed E-state index contributed by atoms with van der Waals surface area (Å²) in [6, 6.07) is 10.5. The van der Waals surface area contributed by atoms with Crippen LogP contribution >= 0.6 is 0 Å². The van der Waals surface area contributed by atoms with Gasteiger partial charge < -0.3 is 10.2 Å². The molecule has 0 saturated carbocycles. The SMILES string of the molecule is C[C@H](O)CN(CC[C@H](C)c1ccccc1)C[C@H](C)O. The van der Waals surface area contributed by atoms with Crippen molar-refractivity contribution in [1.29, 1.82) is 0 Å². The van der Waals surface area contributed by atoms with Gasteiger partial charge in [-0.1, -0.05) is 37.3 Å². The maximum Gasteiger partial charge on any atom is 0.0639 e. The number of rotatable bonds is 8. The number of hydrogen-bond donors (Lipinski definition) is 2. The molecule has 3 heteroatoms. The first-order chi connectivity index (χ1) is 8.99. The van der Waals surface area contributed by atoms with Gasteiger partial charge in [0.05, 0.1) is 12.2 Å². The van der Waals surface area contributed by atoms with Crippen molar-refractivity contribution in [3.63, 3.8) is 0 Å². The molecule has 1 rings (SSSR count). The lowest BCUT2D eigenvalue weighted by atomic mass is 9.97. The second-order valence-electron chi connectivity index (χ2n) is 5.56. The minimum atomic E-state index is -0.356. The number of benzene rings is 1. The third kappa shape index (κ3) is 6.71. The van der Waals surface area contributed by atoms with E-state index in [1.54, 1.807) is 13.8 Å². The van der Waals surface area contributed by atoms with E-state index in [1.807, 2.05) is 6.07 Å². The van der Waals surface area contributed by atoms with Crippen LogP contribution in [-0.2, 0) is 0 Å². The Kier molecular flexibility index (Phi) is 7.06. The molecule has 2 N–H and O–H groups in total. The molecule has 0 amide bonds. The van der Waals surface area contributed by atoms with E-state index in [4.69, 9.17) is 0 Å². The van der Waals surface area contributed by atoms with Crippen LogP contribution in [0.1, 0.15) is 38.7 Å². The van der Waals surface area contributed by atoms with Gasteiger partial charge in [0.2, 0.25) is 0 Å². The van der Waals surface area contributed by atoms with E-state index in [9.17, 15) is 10.2 Å². The number of hydrogen-bond acceptors (Lipinski definition) is 3. The highest BCUT2D eigenvalue weighted by Gasteiger charge is 2.13. The maximum atomic E-state index is 9.49. The zero-order valence-electron chi connectivity index (χ0n) is 12.3. The van der Waals surface area contributed by atoms with Crippen molar-refractivity contribution in [3.8, 4) is 0 Å². The molecule has 0 spiro atoms. The van der Waals surface area contributed by atoms with Crippen molar-refractivity contribution < 1.29 is 10.2 Å². The van der Waals surface area contributed by atoms with Crippen LogP contribution in [0.4, 0.5) is 0 Å². The molecule has 0 aliphatic heterocycles. The van der Waals surface area contributed by atoms with Gasteiger partial charge in [-0.2, -0.15) is 0 Å². The quantitative estimate of drug-likeness (QED) is 0.757. The van der Waals surface area contributed by atoms with E-state index >= 15 is 0 Å². The molecule has 0 radical (unpaired) electrons. The molecule has 0 aromatic heterocycles. The molecule has 0 aliphatic rings. The predicted octanol–water partition coefficient (Wildman–Crippen LogP) is 2.24. The Morgan fingerprint density at radius 2 is 1.47 bits per heavy atom. The first-order valence-electron chi connectivity index (χ1n) is 7.12. The van der Waals surface area contributed by atoms with Crippen molar-refractivity contribution in [2.24, 2.45) is 0 Å². The Hall–Kier alpha value is -0.900. The van der Waals surface area contributed by atoms with Crippen molar-refractivity contribution in [2.45, 2.75) is 45.3 Å². The van der Waals surface area contributed by atoms with Crippen LogP contribution in [0.3, 0.4) is 0 Å². The summed E-state index contributed by atoms with van der Waals surface area (Å²) in [5.41, 5.74) is 1.34. The molecular weight excluding hydrogens is 238 g/mol. The lowest BCUT2D eigenvalue weighted by molar-refractivity contribution is 0.0820.